The number of aryl methyl sites for hydroxylation is 1. The molecule has 1 aliphatic rings. The van der Waals surface area contributed by atoms with Crippen LogP contribution in [0.15, 0.2) is 42.7 Å². The zero-order valence-corrected chi connectivity index (χ0v) is 16.2. The summed E-state index contributed by atoms with van der Waals surface area (Å²) in [6.45, 7) is 6.16. The average Bonchev–Trinajstić information content (AvgIpc) is 3.03. The lowest BCUT2D eigenvalue weighted by atomic mass is 9.97. The predicted molar refractivity (Wildman–Crippen MR) is 104 cm³/mol. The van der Waals surface area contributed by atoms with Gasteiger partial charge in [-0.2, -0.15) is 5.10 Å². The summed E-state index contributed by atoms with van der Waals surface area (Å²) >= 11 is 0. The molecule has 1 saturated heterocycles. The molecular formula is C21H29N3O3. The molecule has 0 unspecified atom stereocenters. The Kier molecular flexibility index (Phi) is 6.29. The summed E-state index contributed by atoms with van der Waals surface area (Å²) in [5, 5.41) is 14.2. The maximum absolute atomic E-state index is 13.1. The number of ether oxygens (including phenoxy) is 1. The molecule has 0 aliphatic carbocycles. The first-order valence-electron chi connectivity index (χ1n) is 9.60. The van der Waals surface area contributed by atoms with E-state index in [1.807, 2.05) is 46.1 Å². The Morgan fingerprint density at radius 2 is 2.22 bits per heavy atom. The van der Waals surface area contributed by atoms with Crippen LogP contribution in [0.1, 0.15) is 42.6 Å². The highest BCUT2D eigenvalue weighted by Crippen LogP contribution is 2.17. The minimum atomic E-state index is -0.706. The molecule has 1 aliphatic heterocycles. The second-order valence-corrected chi connectivity index (χ2v) is 7.84. The highest BCUT2D eigenvalue weighted by atomic mass is 16.5. The van der Waals surface area contributed by atoms with Crippen LogP contribution in [-0.4, -0.2) is 57.1 Å². The predicted octanol–water partition coefficient (Wildman–Crippen LogP) is 2.52. The standard InChI is InChI=1S/C21H29N3O3/c1-21(2,26)9-8-17-6-3-7-18(14-17)20(25)23-11-5-13-27-19(15-23)16-24-12-4-10-22-24/h3-4,6-7,10,12,14,19,26H,5,8-9,11,13,15-16H2,1-2H3/t19-/m1/s1. The van der Waals surface area contributed by atoms with Crippen molar-refractivity contribution >= 4 is 5.91 Å². The third-order valence-corrected chi connectivity index (χ3v) is 4.79. The summed E-state index contributed by atoms with van der Waals surface area (Å²) < 4.78 is 7.75. The van der Waals surface area contributed by atoms with Gasteiger partial charge in [0, 0.05) is 37.7 Å². The van der Waals surface area contributed by atoms with E-state index < -0.39 is 5.60 Å². The monoisotopic (exact) mass is 371 g/mol. The van der Waals surface area contributed by atoms with Crippen LogP contribution in [0.5, 0.6) is 0 Å². The van der Waals surface area contributed by atoms with Crippen LogP contribution in [0.3, 0.4) is 0 Å². The Bertz CT molecular complexity index is 737. The first-order chi connectivity index (χ1) is 12.9. The molecule has 6 nitrogen and oxygen atoms in total. The Morgan fingerprint density at radius 3 is 2.96 bits per heavy atom. The molecule has 146 valence electrons. The Hall–Kier alpha value is -2.18. The number of carbonyl (C=O) groups is 1. The molecule has 3 rings (SSSR count). The number of carbonyl (C=O) groups excluding carboxylic acids is 1. The van der Waals surface area contributed by atoms with Crippen LogP contribution >= 0.6 is 0 Å². The van der Waals surface area contributed by atoms with Gasteiger partial charge < -0.3 is 14.7 Å². The van der Waals surface area contributed by atoms with Gasteiger partial charge in [-0.15, -0.1) is 0 Å². The molecule has 1 aromatic carbocycles. The summed E-state index contributed by atoms with van der Waals surface area (Å²) in [5.74, 6) is 0.0380. The van der Waals surface area contributed by atoms with Crippen molar-refractivity contribution in [2.24, 2.45) is 0 Å². The van der Waals surface area contributed by atoms with Gasteiger partial charge in [0.2, 0.25) is 0 Å². The number of hydrogen-bond donors (Lipinski definition) is 1. The minimum Gasteiger partial charge on any atom is -0.390 e. The zero-order chi connectivity index (χ0) is 19.3. The number of rotatable bonds is 6. The first-order valence-corrected chi connectivity index (χ1v) is 9.60. The molecule has 1 amide bonds. The van der Waals surface area contributed by atoms with Crippen LogP contribution in [0, 0.1) is 0 Å². The van der Waals surface area contributed by atoms with Crippen LogP contribution in [0.4, 0.5) is 0 Å². The molecule has 0 bridgehead atoms. The average molecular weight is 371 g/mol. The fourth-order valence-electron chi connectivity index (χ4n) is 3.30. The van der Waals surface area contributed by atoms with Gasteiger partial charge in [-0.1, -0.05) is 12.1 Å². The largest absolute Gasteiger partial charge is 0.390 e. The van der Waals surface area contributed by atoms with Crippen molar-refractivity contribution in [3.63, 3.8) is 0 Å². The fraction of sp³-hybridized carbons (Fsp3) is 0.524. The molecule has 0 radical (unpaired) electrons. The lowest BCUT2D eigenvalue weighted by Crippen LogP contribution is -2.38. The van der Waals surface area contributed by atoms with Crippen molar-refractivity contribution in [2.45, 2.75) is 51.4 Å². The van der Waals surface area contributed by atoms with Gasteiger partial charge in [-0.05, 0) is 56.9 Å². The van der Waals surface area contributed by atoms with Gasteiger partial charge in [0.25, 0.3) is 5.91 Å². The second-order valence-electron chi connectivity index (χ2n) is 7.84. The smallest absolute Gasteiger partial charge is 0.253 e. The highest BCUT2D eigenvalue weighted by Gasteiger charge is 2.24. The van der Waals surface area contributed by atoms with Crippen LogP contribution in [0.25, 0.3) is 0 Å². The first kappa shape index (κ1) is 19.6. The van der Waals surface area contributed by atoms with Crippen LogP contribution in [-0.2, 0) is 17.7 Å². The topological polar surface area (TPSA) is 67.6 Å². The molecular weight excluding hydrogens is 342 g/mol. The second kappa shape index (κ2) is 8.67. The maximum atomic E-state index is 13.1. The third-order valence-electron chi connectivity index (χ3n) is 4.79. The van der Waals surface area contributed by atoms with Crippen molar-refractivity contribution in [1.82, 2.24) is 14.7 Å². The molecule has 0 spiro atoms. The molecule has 0 saturated carbocycles. The number of benzene rings is 1. The highest BCUT2D eigenvalue weighted by molar-refractivity contribution is 5.94. The van der Waals surface area contributed by atoms with Crippen molar-refractivity contribution in [2.75, 3.05) is 19.7 Å². The SMILES string of the molecule is CC(C)(O)CCc1cccc(C(=O)N2CCCO[C@@H](Cn3cccn3)C2)c1. The molecule has 1 N–H and O–H groups in total. The molecule has 27 heavy (non-hydrogen) atoms. The van der Waals surface area contributed by atoms with Crippen molar-refractivity contribution < 1.29 is 14.6 Å². The third kappa shape index (κ3) is 5.91. The van der Waals surface area contributed by atoms with Crippen molar-refractivity contribution in [1.29, 1.82) is 0 Å². The lowest BCUT2D eigenvalue weighted by molar-refractivity contribution is 0.0367. The quantitative estimate of drug-likeness (QED) is 0.847. The van der Waals surface area contributed by atoms with Crippen LogP contribution < -0.4 is 0 Å². The van der Waals surface area contributed by atoms with Gasteiger partial charge >= 0.3 is 0 Å². The minimum absolute atomic E-state index is 0.0380. The molecule has 6 heteroatoms. The summed E-state index contributed by atoms with van der Waals surface area (Å²) in [6, 6.07) is 9.63. The van der Waals surface area contributed by atoms with Gasteiger partial charge in [0.15, 0.2) is 0 Å². The van der Waals surface area contributed by atoms with E-state index in [9.17, 15) is 9.90 Å². The number of aromatic nitrogens is 2. The van der Waals surface area contributed by atoms with Crippen LogP contribution in [0.2, 0.25) is 0 Å². The van der Waals surface area contributed by atoms with E-state index in [1.54, 1.807) is 20.0 Å². The Balaban J connectivity index is 1.66. The number of aliphatic hydroxyl groups is 1. The normalized spacial score (nSPS) is 18.3. The summed E-state index contributed by atoms with van der Waals surface area (Å²) in [4.78, 5) is 14.9. The number of nitrogens with zero attached hydrogens (tertiary/aromatic N) is 3. The van der Waals surface area contributed by atoms with Crippen molar-refractivity contribution in [3.05, 3.63) is 53.9 Å². The number of amides is 1. The molecule has 1 aromatic heterocycles. The van der Waals surface area contributed by atoms with Gasteiger partial charge in [0.05, 0.1) is 18.2 Å². The van der Waals surface area contributed by atoms with Gasteiger partial charge in [0.1, 0.15) is 0 Å². The maximum Gasteiger partial charge on any atom is 0.253 e. The van der Waals surface area contributed by atoms with E-state index in [2.05, 4.69) is 5.10 Å². The number of hydrogen-bond acceptors (Lipinski definition) is 4. The molecule has 2 aromatic rings. The molecule has 1 atom stereocenters. The van der Waals surface area contributed by atoms with Gasteiger partial charge in [-0.3, -0.25) is 9.48 Å². The van der Waals surface area contributed by atoms with Gasteiger partial charge in [-0.25, -0.2) is 0 Å². The van der Waals surface area contributed by atoms with E-state index in [0.29, 0.717) is 38.2 Å². The Labute approximate surface area is 160 Å². The van der Waals surface area contributed by atoms with E-state index >= 15 is 0 Å². The molecule has 1 fully saturated rings. The van der Waals surface area contributed by atoms with E-state index in [0.717, 1.165) is 18.4 Å². The molecule has 2 heterocycles. The van der Waals surface area contributed by atoms with Crippen molar-refractivity contribution in [3.8, 4) is 0 Å². The summed E-state index contributed by atoms with van der Waals surface area (Å²) in [5.41, 5.74) is 1.06. The zero-order valence-electron chi connectivity index (χ0n) is 16.2. The van der Waals surface area contributed by atoms with E-state index in [1.165, 1.54) is 0 Å². The van der Waals surface area contributed by atoms with E-state index in [4.69, 9.17) is 4.74 Å². The Morgan fingerprint density at radius 1 is 1.37 bits per heavy atom. The summed E-state index contributed by atoms with van der Waals surface area (Å²) in [6.07, 6.45) is 5.84. The lowest BCUT2D eigenvalue weighted by Gasteiger charge is -2.24. The fourth-order valence-corrected chi connectivity index (χ4v) is 3.30. The summed E-state index contributed by atoms with van der Waals surface area (Å²) in [7, 11) is 0. The van der Waals surface area contributed by atoms with E-state index in [-0.39, 0.29) is 12.0 Å².